The molecule has 0 saturated carbocycles. The fraction of sp³-hybridized carbons (Fsp3) is 0.600. The first-order valence-corrected chi connectivity index (χ1v) is 7.13. The lowest BCUT2D eigenvalue weighted by molar-refractivity contribution is -0.121. The zero-order chi connectivity index (χ0) is 13.5. The van der Waals surface area contributed by atoms with Crippen molar-refractivity contribution >= 4 is 5.91 Å². The monoisotopic (exact) mass is 261 g/mol. The van der Waals surface area contributed by atoms with Gasteiger partial charge in [-0.25, -0.2) is 0 Å². The third kappa shape index (κ3) is 4.63. The molecule has 0 bridgehead atoms. The molecule has 1 saturated heterocycles. The van der Waals surface area contributed by atoms with E-state index in [1.807, 2.05) is 19.1 Å². The summed E-state index contributed by atoms with van der Waals surface area (Å²) in [6.07, 6.45) is 5.86. The summed E-state index contributed by atoms with van der Waals surface area (Å²) in [7, 11) is 0. The topological polar surface area (TPSA) is 54.0 Å². The van der Waals surface area contributed by atoms with Crippen LogP contribution in [-0.2, 0) is 11.3 Å². The molecule has 0 aromatic carbocycles. The molecule has 1 unspecified atom stereocenters. The first kappa shape index (κ1) is 14.0. The number of nitrogens with zero attached hydrogens (tertiary/aromatic N) is 1. The van der Waals surface area contributed by atoms with Gasteiger partial charge in [-0.1, -0.05) is 6.07 Å². The van der Waals surface area contributed by atoms with Crippen molar-refractivity contribution in [2.45, 2.75) is 39.2 Å². The molecule has 4 nitrogen and oxygen atoms in total. The molecule has 19 heavy (non-hydrogen) atoms. The van der Waals surface area contributed by atoms with Crippen LogP contribution in [0.1, 0.15) is 36.9 Å². The number of piperidine rings is 1. The Kier molecular flexibility index (Phi) is 5.33. The molecule has 4 heteroatoms. The Bertz CT molecular complexity index is 414. The van der Waals surface area contributed by atoms with Crippen LogP contribution in [-0.4, -0.2) is 24.0 Å². The average Bonchev–Trinajstić information content (AvgIpc) is 2.45. The van der Waals surface area contributed by atoms with Crippen LogP contribution in [0.25, 0.3) is 0 Å². The number of nitrogens with one attached hydrogen (secondary N) is 2. The Morgan fingerprint density at radius 3 is 3.21 bits per heavy atom. The summed E-state index contributed by atoms with van der Waals surface area (Å²) in [5, 5.41) is 6.34. The molecule has 104 valence electrons. The van der Waals surface area contributed by atoms with Gasteiger partial charge in [0.05, 0.1) is 12.2 Å². The lowest BCUT2D eigenvalue weighted by Crippen LogP contribution is -2.31. The molecule has 0 aliphatic carbocycles. The predicted octanol–water partition coefficient (Wildman–Crippen LogP) is 1.79. The summed E-state index contributed by atoms with van der Waals surface area (Å²) < 4.78 is 0. The van der Waals surface area contributed by atoms with Crippen LogP contribution in [0.3, 0.4) is 0 Å². The normalized spacial score (nSPS) is 19.1. The van der Waals surface area contributed by atoms with Gasteiger partial charge in [0, 0.05) is 12.6 Å². The van der Waals surface area contributed by atoms with E-state index in [0.29, 0.717) is 18.9 Å². The lowest BCUT2D eigenvalue weighted by atomic mass is 9.94. The van der Waals surface area contributed by atoms with Gasteiger partial charge in [-0.2, -0.15) is 0 Å². The lowest BCUT2D eigenvalue weighted by Gasteiger charge is -2.22. The Balaban J connectivity index is 1.68. The van der Waals surface area contributed by atoms with E-state index in [4.69, 9.17) is 0 Å². The van der Waals surface area contributed by atoms with Gasteiger partial charge in [0.1, 0.15) is 0 Å². The number of carbonyl (C=O) groups excluding carboxylic acids is 1. The molecular weight excluding hydrogens is 238 g/mol. The summed E-state index contributed by atoms with van der Waals surface area (Å²) in [5.41, 5.74) is 2.08. The van der Waals surface area contributed by atoms with Crippen LogP contribution in [0.4, 0.5) is 0 Å². The molecule has 1 fully saturated rings. The van der Waals surface area contributed by atoms with E-state index in [-0.39, 0.29) is 5.91 Å². The second-order valence-corrected chi connectivity index (χ2v) is 5.29. The van der Waals surface area contributed by atoms with Crippen LogP contribution in [0.15, 0.2) is 18.3 Å². The zero-order valence-electron chi connectivity index (χ0n) is 11.6. The number of hydrogen-bond donors (Lipinski definition) is 2. The van der Waals surface area contributed by atoms with Gasteiger partial charge >= 0.3 is 0 Å². The maximum absolute atomic E-state index is 11.8. The van der Waals surface area contributed by atoms with Crippen molar-refractivity contribution in [1.29, 1.82) is 0 Å². The number of amides is 1. The van der Waals surface area contributed by atoms with Gasteiger partial charge in [0.25, 0.3) is 0 Å². The van der Waals surface area contributed by atoms with Crippen molar-refractivity contribution in [1.82, 2.24) is 15.6 Å². The maximum Gasteiger partial charge on any atom is 0.220 e. The molecule has 2 N–H and O–H groups in total. The SMILES string of the molecule is Cc1cccnc1CNC(=O)CCC1CCCNC1. The molecular formula is C15H23N3O. The highest BCUT2D eigenvalue weighted by atomic mass is 16.1. The zero-order valence-corrected chi connectivity index (χ0v) is 11.6. The standard InChI is InChI=1S/C15H23N3O/c1-12-4-2-9-17-14(12)11-18-15(19)7-6-13-5-3-8-16-10-13/h2,4,9,13,16H,3,5-8,10-11H2,1H3,(H,18,19). The highest BCUT2D eigenvalue weighted by Crippen LogP contribution is 2.15. The van der Waals surface area contributed by atoms with E-state index in [1.54, 1.807) is 6.20 Å². The van der Waals surface area contributed by atoms with Crippen LogP contribution in [0.2, 0.25) is 0 Å². The molecule has 0 radical (unpaired) electrons. The first-order chi connectivity index (χ1) is 9.25. The summed E-state index contributed by atoms with van der Waals surface area (Å²) in [5.74, 6) is 0.798. The highest BCUT2D eigenvalue weighted by Gasteiger charge is 2.14. The van der Waals surface area contributed by atoms with Crippen LogP contribution in [0.5, 0.6) is 0 Å². The van der Waals surface area contributed by atoms with Crippen molar-refractivity contribution in [3.63, 3.8) is 0 Å². The second-order valence-electron chi connectivity index (χ2n) is 5.29. The van der Waals surface area contributed by atoms with Crippen LogP contribution < -0.4 is 10.6 Å². The second kappa shape index (κ2) is 7.24. The van der Waals surface area contributed by atoms with Crippen molar-refractivity contribution in [3.05, 3.63) is 29.6 Å². The number of rotatable bonds is 5. The largest absolute Gasteiger partial charge is 0.350 e. The van der Waals surface area contributed by atoms with E-state index < -0.39 is 0 Å². The van der Waals surface area contributed by atoms with E-state index in [1.165, 1.54) is 12.8 Å². The molecule has 1 aromatic rings. The fourth-order valence-electron chi connectivity index (χ4n) is 2.48. The van der Waals surface area contributed by atoms with Gasteiger partial charge in [-0.05, 0) is 56.8 Å². The third-order valence-corrected chi connectivity index (χ3v) is 3.75. The average molecular weight is 261 g/mol. The summed E-state index contributed by atoms with van der Waals surface area (Å²) in [6.45, 7) is 4.74. The van der Waals surface area contributed by atoms with Crippen molar-refractivity contribution in [2.24, 2.45) is 5.92 Å². The maximum atomic E-state index is 11.8. The van der Waals surface area contributed by atoms with E-state index in [9.17, 15) is 4.79 Å². The van der Waals surface area contributed by atoms with Crippen molar-refractivity contribution in [2.75, 3.05) is 13.1 Å². The molecule has 1 aliphatic rings. The van der Waals surface area contributed by atoms with Crippen molar-refractivity contribution in [3.8, 4) is 0 Å². The number of hydrogen-bond acceptors (Lipinski definition) is 3. The molecule has 1 amide bonds. The van der Waals surface area contributed by atoms with E-state index >= 15 is 0 Å². The molecule has 1 atom stereocenters. The number of carbonyl (C=O) groups is 1. The summed E-state index contributed by atoms with van der Waals surface area (Å²) in [4.78, 5) is 16.1. The van der Waals surface area contributed by atoms with Gasteiger partial charge in [0.15, 0.2) is 0 Å². The van der Waals surface area contributed by atoms with Gasteiger partial charge in [0.2, 0.25) is 5.91 Å². The number of aryl methyl sites for hydroxylation is 1. The molecule has 1 aromatic heterocycles. The Morgan fingerprint density at radius 2 is 2.47 bits per heavy atom. The quantitative estimate of drug-likeness (QED) is 0.849. The predicted molar refractivity (Wildman–Crippen MR) is 75.6 cm³/mol. The van der Waals surface area contributed by atoms with Gasteiger partial charge in [-0.3, -0.25) is 9.78 Å². The van der Waals surface area contributed by atoms with Crippen LogP contribution >= 0.6 is 0 Å². The molecule has 1 aliphatic heterocycles. The van der Waals surface area contributed by atoms with Crippen LogP contribution in [0, 0.1) is 12.8 Å². The minimum atomic E-state index is 0.135. The van der Waals surface area contributed by atoms with Gasteiger partial charge in [-0.15, -0.1) is 0 Å². The third-order valence-electron chi connectivity index (χ3n) is 3.75. The minimum Gasteiger partial charge on any atom is -0.350 e. The first-order valence-electron chi connectivity index (χ1n) is 7.13. The smallest absolute Gasteiger partial charge is 0.220 e. The molecule has 2 heterocycles. The minimum absolute atomic E-state index is 0.135. The van der Waals surface area contributed by atoms with Gasteiger partial charge < -0.3 is 10.6 Å². The summed E-state index contributed by atoms with van der Waals surface area (Å²) >= 11 is 0. The molecule has 0 spiro atoms. The fourth-order valence-corrected chi connectivity index (χ4v) is 2.48. The van der Waals surface area contributed by atoms with Crippen molar-refractivity contribution < 1.29 is 4.79 Å². The Hall–Kier alpha value is -1.42. The summed E-state index contributed by atoms with van der Waals surface area (Å²) in [6, 6.07) is 3.93. The highest BCUT2D eigenvalue weighted by molar-refractivity contribution is 5.75. The Morgan fingerprint density at radius 1 is 1.58 bits per heavy atom. The van der Waals surface area contributed by atoms with E-state index in [2.05, 4.69) is 15.6 Å². The molecule has 2 rings (SSSR count). The number of pyridine rings is 1. The number of aromatic nitrogens is 1. The Labute approximate surface area is 115 Å². The van der Waals surface area contributed by atoms with E-state index in [0.717, 1.165) is 30.8 Å².